The Hall–Kier alpha value is -2.75. The summed E-state index contributed by atoms with van der Waals surface area (Å²) in [5, 5.41) is 2.89. The van der Waals surface area contributed by atoms with E-state index in [1.165, 1.54) is 0 Å². The second kappa shape index (κ2) is 7.49. The van der Waals surface area contributed by atoms with Crippen molar-refractivity contribution in [1.29, 1.82) is 0 Å². The molecular weight excluding hydrogens is 290 g/mol. The number of nitrogens with one attached hydrogen (secondary N) is 1. The smallest absolute Gasteiger partial charge is 0.255 e. The van der Waals surface area contributed by atoms with Crippen molar-refractivity contribution in [1.82, 2.24) is 0 Å². The predicted octanol–water partition coefficient (Wildman–Crippen LogP) is 3.99. The Kier molecular flexibility index (Phi) is 5.41. The van der Waals surface area contributed by atoms with E-state index < -0.39 is 0 Å². The minimum Gasteiger partial charge on any atom is -0.496 e. The predicted molar refractivity (Wildman–Crippen MR) is 92.6 cm³/mol. The average molecular weight is 311 g/mol. The average Bonchev–Trinajstić information content (AvgIpc) is 2.55. The third-order valence-corrected chi connectivity index (χ3v) is 3.51. The summed E-state index contributed by atoms with van der Waals surface area (Å²) in [5.41, 5.74) is 3.18. The molecule has 4 heteroatoms. The molecular formula is C19H21NO3. The summed E-state index contributed by atoms with van der Waals surface area (Å²) < 4.78 is 10.6. The molecule has 0 radical (unpaired) electrons. The van der Waals surface area contributed by atoms with Crippen LogP contribution in [0.25, 0.3) is 0 Å². The Labute approximate surface area is 136 Å². The van der Waals surface area contributed by atoms with Crippen LogP contribution in [0.3, 0.4) is 0 Å². The normalized spacial score (nSPS) is 10.0. The van der Waals surface area contributed by atoms with Gasteiger partial charge in [-0.25, -0.2) is 0 Å². The molecule has 2 rings (SSSR count). The van der Waals surface area contributed by atoms with Gasteiger partial charge in [0.1, 0.15) is 11.5 Å². The Morgan fingerprint density at radius 1 is 1.13 bits per heavy atom. The van der Waals surface area contributed by atoms with Gasteiger partial charge in [0.25, 0.3) is 5.91 Å². The molecule has 4 nitrogen and oxygen atoms in total. The number of methoxy groups -OCH3 is 2. The third-order valence-electron chi connectivity index (χ3n) is 3.51. The van der Waals surface area contributed by atoms with Crippen molar-refractivity contribution in [2.24, 2.45) is 0 Å². The van der Waals surface area contributed by atoms with Gasteiger partial charge in [0.2, 0.25) is 0 Å². The molecule has 0 bridgehead atoms. The highest BCUT2D eigenvalue weighted by Gasteiger charge is 2.12. The zero-order valence-electron chi connectivity index (χ0n) is 13.7. The van der Waals surface area contributed by atoms with E-state index in [9.17, 15) is 4.79 Å². The second-order valence-electron chi connectivity index (χ2n) is 5.18. The summed E-state index contributed by atoms with van der Waals surface area (Å²) in [4.78, 5) is 12.5. The lowest BCUT2D eigenvalue weighted by molar-refractivity contribution is 0.102. The minimum atomic E-state index is -0.193. The number of ether oxygens (including phenoxy) is 2. The summed E-state index contributed by atoms with van der Waals surface area (Å²) in [6, 6.07) is 11.0. The fraction of sp³-hybridized carbons (Fsp3) is 0.211. The SMILES string of the molecule is C=CCc1cc(C(=O)Nc2cc(C)ccc2OC)ccc1OC. The van der Waals surface area contributed by atoms with Gasteiger partial charge >= 0.3 is 0 Å². The van der Waals surface area contributed by atoms with E-state index >= 15 is 0 Å². The molecule has 2 aromatic carbocycles. The van der Waals surface area contributed by atoms with Crippen molar-refractivity contribution in [2.75, 3.05) is 19.5 Å². The van der Waals surface area contributed by atoms with Crippen molar-refractivity contribution in [3.8, 4) is 11.5 Å². The summed E-state index contributed by atoms with van der Waals surface area (Å²) in [6.07, 6.45) is 2.42. The van der Waals surface area contributed by atoms with Crippen LogP contribution in [0.4, 0.5) is 5.69 Å². The molecule has 0 unspecified atom stereocenters. The molecule has 0 saturated carbocycles. The lowest BCUT2D eigenvalue weighted by atomic mass is 10.1. The molecule has 0 fully saturated rings. The largest absolute Gasteiger partial charge is 0.496 e. The minimum absolute atomic E-state index is 0.193. The second-order valence-corrected chi connectivity index (χ2v) is 5.18. The van der Waals surface area contributed by atoms with Gasteiger partial charge in [-0.05, 0) is 54.8 Å². The highest BCUT2D eigenvalue weighted by Crippen LogP contribution is 2.27. The number of rotatable bonds is 6. The fourth-order valence-electron chi connectivity index (χ4n) is 2.35. The maximum atomic E-state index is 12.5. The number of hydrogen-bond acceptors (Lipinski definition) is 3. The molecule has 0 aliphatic rings. The number of anilines is 1. The Bertz CT molecular complexity index is 723. The van der Waals surface area contributed by atoms with Crippen molar-refractivity contribution >= 4 is 11.6 Å². The van der Waals surface area contributed by atoms with Gasteiger partial charge in [-0.1, -0.05) is 12.1 Å². The topological polar surface area (TPSA) is 47.6 Å². The van der Waals surface area contributed by atoms with Crippen LogP contribution in [0.15, 0.2) is 49.1 Å². The zero-order valence-corrected chi connectivity index (χ0v) is 13.7. The van der Waals surface area contributed by atoms with Crippen LogP contribution in [-0.4, -0.2) is 20.1 Å². The Morgan fingerprint density at radius 2 is 1.83 bits per heavy atom. The Balaban J connectivity index is 2.29. The first-order chi connectivity index (χ1) is 11.1. The van der Waals surface area contributed by atoms with Gasteiger partial charge in [0.05, 0.1) is 19.9 Å². The standard InChI is InChI=1S/C19H21NO3/c1-5-6-14-12-15(8-10-17(14)22-3)19(21)20-16-11-13(2)7-9-18(16)23-4/h5,7-12H,1,6H2,2-4H3,(H,20,21). The van der Waals surface area contributed by atoms with Gasteiger partial charge in [0, 0.05) is 5.56 Å². The maximum Gasteiger partial charge on any atom is 0.255 e. The molecule has 0 aliphatic carbocycles. The van der Waals surface area contributed by atoms with Crippen LogP contribution < -0.4 is 14.8 Å². The van der Waals surface area contributed by atoms with E-state index in [0.29, 0.717) is 23.4 Å². The van der Waals surface area contributed by atoms with Gasteiger partial charge in [-0.3, -0.25) is 4.79 Å². The van der Waals surface area contributed by atoms with Gasteiger partial charge < -0.3 is 14.8 Å². The maximum absolute atomic E-state index is 12.5. The number of allylic oxidation sites excluding steroid dienone is 1. The monoisotopic (exact) mass is 311 g/mol. The summed E-state index contributed by atoms with van der Waals surface area (Å²) >= 11 is 0. The fourth-order valence-corrected chi connectivity index (χ4v) is 2.35. The highest BCUT2D eigenvalue weighted by atomic mass is 16.5. The van der Waals surface area contributed by atoms with E-state index in [2.05, 4.69) is 11.9 Å². The van der Waals surface area contributed by atoms with Crippen LogP contribution in [0.5, 0.6) is 11.5 Å². The quantitative estimate of drug-likeness (QED) is 0.820. The van der Waals surface area contributed by atoms with Gasteiger partial charge in [-0.15, -0.1) is 6.58 Å². The van der Waals surface area contributed by atoms with Crippen LogP contribution in [0.2, 0.25) is 0 Å². The molecule has 23 heavy (non-hydrogen) atoms. The summed E-state index contributed by atoms with van der Waals surface area (Å²) in [6.45, 7) is 5.70. The third kappa shape index (κ3) is 3.92. The summed E-state index contributed by atoms with van der Waals surface area (Å²) in [7, 11) is 3.19. The van der Waals surface area contributed by atoms with Crippen molar-refractivity contribution in [3.63, 3.8) is 0 Å². The Morgan fingerprint density at radius 3 is 2.48 bits per heavy atom. The molecule has 0 heterocycles. The number of carbonyl (C=O) groups is 1. The molecule has 1 N–H and O–H groups in total. The van der Waals surface area contributed by atoms with E-state index in [0.717, 1.165) is 16.9 Å². The van der Waals surface area contributed by atoms with Crippen molar-refractivity contribution < 1.29 is 14.3 Å². The van der Waals surface area contributed by atoms with Crippen LogP contribution >= 0.6 is 0 Å². The first-order valence-corrected chi connectivity index (χ1v) is 7.32. The first-order valence-electron chi connectivity index (χ1n) is 7.32. The summed E-state index contributed by atoms with van der Waals surface area (Å²) in [5.74, 6) is 1.18. The number of amides is 1. The lowest BCUT2D eigenvalue weighted by Gasteiger charge is -2.12. The van der Waals surface area contributed by atoms with Crippen molar-refractivity contribution in [2.45, 2.75) is 13.3 Å². The van der Waals surface area contributed by atoms with Gasteiger partial charge in [0.15, 0.2) is 0 Å². The molecule has 0 aromatic heterocycles. The first kappa shape index (κ1) is 16.6. The van der Waals surface area contributed by atoms with E-state index in [-0.39, 0.29) is 5.91 Å². The highest BCUT2D eigenvalue weighted by molar-refractivity contribution is 6.05. The molecule has 2 aromatic rings. The van der Waals surface area contributed by atoms with E-state index in [1.54, 1.807) is 32.4 Å². The lowest BCUT2D eigenvalue weighted by Crippen LogP contribution is -2.13. The van der Waals surface area contributed by atoms with Crippen molar-refractivity contribution in [3.05, 3.63) is 65.7 Å². The number of benzene rings is 2. The molecule has 0 aliphatic heterocycles. The number of hydrogen-bond donors (Lipinski definition) is 1. The molecule has 0 saturated heterocycles. The number of aryl methyl sites for hydroxylation is 1. The molecule has 120 valence electrons. The number of carbonyl (C=O) groups excluding carboxylic acids is 1. The van der Waals surface area contributed by atoms with Crippen LogP contribution in [0.1, 0.15) is 21.5 Å². The van der Waals surface area contributed by atoms with Gasteiger partial charge in [-0.2, -0.15) is 0 Å². The molecule has 1 amide bonds. The molecule has 0 spiro atoms. The zero-order chi connectivity index (χ0) is 16.8. The van der Waals surface area contributed by atoms with Crippen LogP contribution in [0, 0.1) is 6.92 Å². The molecule has 0 atom stereocenters. The van der Waals surface area contributed by atoms with E-state index in [4.69, 9.17) is 9.47 Å². The van der Waals surface area contributed by atoms with Crippen LogP contribution in [-0.2, 0) is 6.42 Å². The van der Waals surface area contributed by atoms with E-state index in [1.807, 2.05) is 31.2 Å².